The minimum atomic E-state index is -4.60. The van der Waals surface area contributed by atoms with E-state index in [2.05, 4.69) is 5.32 Å². The fourth-order valence-electron chi connectivity index (χ4n) is 5.69. The lowest BCUT2D eigenvalue weighted by atomic mass is 9.82. The highest BCUT2D eigenvalue weighted by Crippen LogP contribution is 2.47. The predicted octanol–water partition coefficient (Wildman–Crippen LogP) is 5.77. The maximum atomic E-state index is 13.7. The van der Waals surface area contributed by atoms with Gasteiger partial charge in [-0.05, 0) is 87.2 Å². The first-order chi connectivity index (χ1) is 17.0. The Bertz CT molecular complexity index is 1070. The Morgan fingerprint density at radius 1 is 1.11 bits per heavy atom. The summed E-state index contributed by atoms with van der Waals surface area (Å²) in [7, 11) is 3.71. The summed E-state index contributed by atoms with van der Waals surface area (Å²) in [5.41, 5.74) is 0.136. The van der Waals surface area contributed by atoms with Crippen LogP contribution in [0.2, 0.25) is 0 Å². The maximum Gasteiger partial charge on any atom is 0.416 e. The van der Waals surface area contributed by atoms with Crippen LogP contribution in [0, 0.1) is 11.7 Å². The average molecular weight is 511 g/mol. The van der Waals surface area contributed by atoms with Gasteiger partial charge in [-0.3, -0.25) is 9.69 Å². The molecule has 2 fully saturated rings. The summed E-state index contributed by atoms with van der Waals surface area (Å²) in [6, 6.07) is 9.02. The molecule has 1 heterocycles. The molecule has 6 atom stereocenters. The van der Waals surface area contributed by atoms with Crippen molar-refractivity contribution >= 4 is 5.91 Å². The van der Waals surface area contributed by atoms with E-state index in [4.69, 9.17) is 4.74 Å². The molecular weight excluding hydrogens is 479 g/mol. The Balaban J connectivity index is 1.61. The first-order valence-corrected chi connectivity index (χ1v) is 12.1. The predicted molar refractivity (Wildman–Crippen MR) is 125 cm³/mol. The zero-order chi connectivity index (χ0) is 26.2. The van der Waals surface area contributed by atoms with Crippen LogP contribution >= 0.6 is 0 Å². The number of amides is 1. The molecular formula is C27H31F5N2O2. The quantitative estimate of drug-likeness (QED) is 0.481. The van der Waals surface area contributed by atoms with Gasteiger partial charge in [-0.15, -0.1) is 0 Å². The number of hydrogen-bond acceptors (Lipinski definition) is 3. The standard InChI is InChI=1S/C27H31F5N2O2/c1-15(18-10-16(14-28)11-19(12-18)27(30,31)32)36-24-9-8-21(22-13-23(34(2)3)26(35)33-22)25(24)17-4-6-20(29)7-5-17/h4-7,10-12,15,21-25H,8-9,13-14H2,1-3H3,(H,33,35)/t15-,21+,22-,23+,24+,25+/m1/s1. The van der Waals surface area contributed by atoms with Crippen LogP contribution in [0.15, 0.2) is 42.5 Å². The van der Waals surface area contributed by atoms with Crippen molar-refractivity contribution in [2.24, 2.45) is 5.92 Å². The lowest BCUT2D eigenvalue weighted by molar-refractivity contribution is -0.137. The number of rotatable bonds is 7. The second-order valence-corrected chi connectivity index (χ2v) is 10.1. The van der Waals surface area contributed by atoms with Gasteiger partial charge in [-0.2, -0.15) is 13.2 Å². The summed E-state index contributed by atoms with van der Waals surface area (Å²) in [4.78, 5) is 14.4. The van der Waals surface area contributed by atoms with Gasteiger partial charge in [0, 0.05) is 12.0 Å². The Hall–Kier alpha value is -2.52. The average Bonchev–Trinajstić information content (AvgIpc) is 3.42. The zero-order valence-corrected chi connectivity index (χ0v) is 20.5. The first kappa shape index (κ1) is 26.5. The van der Waals surface area contributed by atoms with E-state index in [0.29, 0.717) is 12.8 Å². The molecule has 1 saturated carbocycles. The van der Waals surface area contributed by atoms with Gasteiger partial charge in [0.25, 0.3) is 0 Å². The molecule has 1 aliphatic heterocycles. The third-order valence-corrected chi connectivity index (χ3v) is 7.49. The van der Waals surface area contributed by atoms with Crippen molar-refractivity contribution in [3.8, 4) is 0 Å². The van der Waals surface area contributed by atoms with Crippen LogP contribution in [0.3, 0.4) is 0 Å². The first-order valence-electron chi connectivity index (χ1n) is 12.1. The van der Waals surface area contributed by atoms with E-state index in [1.54, 1.807) is 19.1 Å². The summed E-state index contributed by atoms with van der Waals surface area (Å²) < 4.78 is 73.5. The van der Waals surface area contributed by atoms with Gasteiger partial charge in [-0.1, -0.05) is 18.2 Å². The van der Waals surface area contributed by atoms with E-state index >= 15 is 0 Å². The van der Waals surface area contributed by atoms with Crippen molar-refractivity contribution in [1.29, 1.82) is 0 Å². The highest BCUT2D eigenvalue weighted by Gasteiger charge is 2.47. The number of benzene rings is 2. The number of nitrogens with zero attached hydrogens (tertiary/aromatic N) is 1. The molecule has 2 aromatic rings. The molecule has 0 spiro atoms. The molecule has 4 nitrogen and oxygen atoms in total. The SMILES string of the molecule is C[C@@H](O[C@H]1CC[C@@H]([C@H]2C[C@H](N(C)C)C(=O)N2)[C@@H]1c1ccc(F)cc1)c1cc(CF)cc(C(F)(F)F)c1. The van der Waals surface area contributed by atoms with Gasteiger partial charge < -0.3 is 10.1 Å². The van der Waals surface area contributed by atoms with Crippen LogP contribution in [-0.4, -0.2) is 43.1 Å². The van der Waals surface area contributed by atoms with Crippen LogP contribution in [0.1, 0.15) is 60.5 Å². The molecule has 36 heavy (non-hydrogen) atoms. The second-order valence-electron chi connectivity index (χ2n) is 10.1. The molecule has 4 rings (SSSR count). The third-order valence-electron chi connectivity index (χ3n) is 7.49. The third kappa shape index (κ3) is 5.57. The Kier molecular flexibility index (Phi) is 7.71. The number of hydrogen-bond donors (Lipinski definition) is 1. The van der Waals surface area contributed by atoms with Gasteiger partial charge in [-0.25, -0.2) is 8.78 Å². The van der Waals surface area contributed by atoms with E-state index in [-0.39, 0.29) is 52.9 Å². The van der Waals surface area contributed by atoms with Crippen molar-refractivity contribution in [3.63, 3.8) is 0 Å². The lowest BCUT2D eigenvalue weighted by Crippen LogP contribution is -2.37. The Labute approximate surface area is 207 Å². The summed E-state index contributed by atoms with van der Waals surface area (Å²) >= 11 is 0. The molecule has 1 amide bonds. The number of halogens is 5. The topological polar surface area (TPSA) is 41.6 Å². The number of carbonyl (C=O) groups is 1. The number of alkyl halides is 4. The molecule has 9 heteroatoms. The fourth-order valence-corrected chi connectivity index (χ4v) is 5.69. The molecule has 0 aromatic heterocycles. The van der Waals surface area contributed by atoms with Gasteiger partial charge in [0.1, 0.15) is 12.5 Å². The minimum absolute atomic E-state index is 0.0180. The number of carbonyl (C=O) groups excluding carboxylic acids is 1. The van der Waals surface area contributed by atoms with Crippen molar-refractivity contribution < 1.29 is 31.5 Å². The summed E-state index contributed by atoms with van der Waals surface area (Å²) in [6.45, 7) is 0.647. The number of nitrogens with one attached hydrogen (secondary N) is 1. The van der Waals surface area contributed by atoms with E-state index in [1.807, 2.05) is 19.0 Å². The van der Waals surface area contributed by atoms with Gasteiger partial charge >= 0.3 is 6.18 Å². The van der Waals surface area contributed by atoms with Crippen LogP contribution in [0.5, 0.6) is 0 Å². The van der Waals surface area contributed by atoms with Crippen molar-refractivity contribution in [1.82, 2.24) is 10.2 Å². The smallest absolute Gasteiger partial charge is 0.370 e. The van der Waals surface area contributed by atoms with E-state index in [9.17, 15) is 26.7 Å². The Morgan fingerprint density at radius 2 is 1.81 bits per heavy atom. The van der Waals surface area contributed by atoms with Crippen molar-refractivity contribution in [2.75, 3.05) is 14.1 Å². The summed E-state index contributed by atoms with van der Waals surface area (Å²) in [5, 5.41) is 3.11. The molecule has 1 saturated heterocycles. The van der Waals surface area contributed by atoms with Gasteiger partial charge in [0.05, 0.1) is 23.8 Å². The van der Waals surface area contributed by atoms with E-state index in [1.165, 1.54) is 18.2 Å². The van der Waals surface area contributed by atoms with Crippen LogP contribution in [0.25, 0.3) is 0 Å². The monoisotopic (exact) mass is 510 g/mol. The highest BCUT2D eigenvalue weighted by molar-refractivity contribution is 5.84. The molecule has 196 valence electrons. The largest absolute Gasteiger partial charge is 0.416 e. The van der Waals surface area contributed by atoms with Crippen molar-refractivity contribution in [2.45, 2.75) is 69.2 Å². The Morgan fingerprint density at radius 3 is 2.39 bits per heavy atom. The maximum absolute atomic E-state index is 13.7. The second kappa shape index (κ2) is 10.5. The molecule has 0 bridgehead atoms. The normalized spacial score (nSPS) is 27.5. The molecule has 0 unspecified atom stereocenters. The highest BCUT2D eigenvalue weighted by atomic mass is 19.4. The fraction of sp³-hybridized carbons (Fsp3) is 0.519. The lowest BCUT2D eigenvalue weighted by Gasteiger charge is -2.31. The van der Waals surface area contributed by atoms with Crippen molar-refractivity contribution in [3.05, 3.63) is 70.5 Å². The van der Waals surface area contributed by atoms with E-state index < -0.39 is 24.5 Å². The molecule has 2 aromatic carbocycles. The summed E-state index contributed by atoms with van der Waals surface area (Å²) in [6.07, 6.45) is -3.69. The number of likely N-dealkylation sites (N-methyl/N-ethyl adjacent to an activating group) is 1. The number of ether oxygens (including phenoxy) is 1. The summed E-state index contributed by atoms with van der Waals surface area (Å²) in [5.74, 6) is -0.581. The van der Waals surface area contributed by atoms with Gasteiger partial charge in [0.2, 0.25) is 5.91 Å². The zero-order valence-electron chi connectivity index (χ0n) is 20.5. The van der Waals surface area contributed by atoms with Crippen LogP contribution < -0.4 is 5.32 Å². The molecule has 0 radical (unpaired) electrons. The van der Waals surface area contributed by atoms with Crippen LogP contribution in [0.4, 0.5) is 22.0 Å². The van der Waals surface area contributed by atoms with E-state index in [0.717, 1.165) is 24.1 Å². The molecule has 2 aliphatic rings. The minimum Gasteiger partial charge on any atom is -0.370 e. The van der Waals surface area contributed by atoms with Gasteiger partial charge in [0.15, 0.2) is 0 Å². The molecule has 1 N–H and O–H groups in total. The van der Waals surface area contributed by atoms with Crippen LogP contribution in [-0.2, 0) is 22.4 Å². The molecule has 1 aliphatic carbocycles.